The first-order chi connectivity index (χ1) is 19.4. The topological polar surface area (TPSA) is 117 Å². The number of phosphoric acid groups is 1. The molecule has 0 aromatic rings. The fraction of sp³-hybridized carbons (Fsp3) is 0.710. The Labute approximate surface area is 243 Å². The molecule has 0 fully saturated rings. The van der Waals surface area contributed by atoms with E-state index in [-0.39, 0.29) is 32.3 Å². The molecule has 0 spiro atoms. The van der Waals surface area contributed by atoms with E-state index >= 15 is 0 Å². The number of carbonyl (C=O) groups is 1. The highest BCUT2D eigenvalue weighted by Crippen LogP contribution is 2.43. The van der Waals surface area contributed by atoms with E-state index in [0.717, 1.165) is 57.8 Å². The summed E-state index contributed by atoms with van der Waals surface area (Å²) in [7, 11) is -4.27. The maximum Gasteiger partial charge on any atom is 0.472 e. The number of phosphoric ester groups is 1. The Kier molecular flexibility index (Phi) is 27.9. The number of carbonyl (C=O) groups excluding carboxylic acids is 1. The van der Waals surface area contributed by atoms with Gasteiger partial charge in [0, 0.05) is 19.6 Å². The second-order valence-electron chi connectivity index (χ2n) is 9.59. The quantitative estimate of drug-likeness (QED) is 0.0414. The normalized spacial score (nSPS) is 14.6. The average Bonchev–Trinajstić information content (AvgIpc) is 2.94. The molecule has 9 heteroatoms. The van der Waals surface area contributed by atoms with Crippen molar-refractivity contribution < 1.29 is 32.8 Å². The highest BCUT2D eigenvalue weighted by atomic mass is 31.2. The zero-order valence-corrected chi connectivity index (χ0v) is 25.9. The average molecular weight is 586 g/mol. The van der Waals surface area contributed by atoms with Crippen LogP contribution in [-0.2, 0) is 27.9 Å². The molecule has 0 bridgehead atoms. The summed E-state index contributed by atoms with van der Waals surface area (Å²) in [6.07, 6.45) is 30.1. The van der Waals surface area contributed by atoms with Crippen LogP contribution in [0.3, 0.4) is 0 Å². The third-order valence-electron chi connectivity index (χ3n) is 5.76. The fourth-order valence-electron chi connectivity index (χ4n) is 3.59. The van der Waals surface area contributed by atoms with Gasteiger partial charge in [0.1, 0.15) is 6.10 Å². The molecule has 2 atom stereocenters. The van der Waals surface area contributed by atoms with Gasteiger partial charge in [-0.05, 0) is 44.9 Å². The maximum atomic E-state index is 12.3. The number of hydrogen-bond donors (Lipinski definition) is 2. The Balaban J connectivity index is 4.27. The first-order valence-electron chi connectivity index (χ1n) is 15.1. The van der Waals surface area contributed by atoms with Gasteiger partial charge in [-0.1, -0.05) is 101 Å². The van der Waals surface area contributed by atoms with Crippen LogP contribution in [0.15, 0.2) is 48.6 Å². The monoisotopic (exact) mass is 585 g/mol. The van der Waals surface area contributed by atoms with E-state index in [0.29, 0.717) is 13.0 Å². The van der Waals surface area contributed by atoms with Crippen molar-refractivity contribution in [2.45, 2.75) is 110 Å². The minimum Gasteiger partial charge on any atom is -0.457 e. The molecule has 2 unspecified atom stereocenters. The van der Waals surface area contributed by atoms with Crippen LogP contribution in [-0.4, -0.2) is 49.9 Å². The van der Waals surface area contributed by atoms with Gasteiger partial charge in [-0.15, -0.1) is 0 Å². The van der Waals surface area contributed by atoms with Gasteiger partial charge in [0.2, 0.25) is 0 Å². The summed E-state index contributed by atoms with van der Waals surface area (Å²) in [5.74, 6) is -0.360. The molecule has 0 aromatic carbocycles. The van der Waals surface area contributed by atoms with Gasteiger partial charge < -0.3 is 20.1 Å². The van der Waals surface area contributed by atoms with Crippen LogP contribution < -0.4 is 5.73 Å². The Morgan fingerprint density at radius 2 is 1.38 bits per heavy atom. The van der Waals surface area contributed by atoms with E-state index in [1.807, 2.05) is 0 Å². The van der Waals surface area contributed by atoms with Crippen molar-refractivity contribution in [1.29, 1.82) is 0 Å². The molecule has 0 aliphatic carbocycles. The standard InChI is InChI=1S/C31H56NO7P/c1-3-5-7-9-11-12-13-14-15-16-17-19-21-23-26-36-28-30(29-38-40(34,35)37-27-25-32)39-31(33)24-22-20-18-10-8-6-4-2/h5,7,11-12,14-15,17,19,30H,3-4,6,8-10,13,16,18,20-29,32H2,1-2H3,(H,34,35)/b7-5-,12-11-,15-14-,19-17-. The molecular formula is C31H56NO7P. The van der Waals surface area contributed by atoms with Gasteiger partial charge in [-0.3, -0.25) is 13.8 Å². The molecule has 0 saturated carbocycles. The molecular weight excluding hydrogens is 529 g/mol. The first kappa shape index (κ1) is 38.5. The third kappa shape index (κ3) is 28.0. The minimum atomic E-state index is -4.27. The van der Waals surface area contributed by atoms with Gasteiger partial charge in [-0.2, -0.15) is 0 Å². The molecule has 0 rings (SSSR count). The van der Waals surface area contributed by atoms with E-state index in [1.165, 1.54) is 25.7 Å². The SMILES string of the molecule is CC/C=C\C/C=C\C/C=C\C/C=C\CCCOCC(COP(=O)(O)OCCN)OC(=O)CCCCCCCCC. The maximum absolute atomic E-state index is 12.3. The molecule has 3 N–H and O–H groups in total. The number of ether oxygens (including phenoxy) is 2. The molecule has 232 valence electrons. The molecule has 0 amide bonds. The largest absolute Gasteiger partial charge is 0.472 e. The number of allylic oxidation sites excluding steroid dienone is 8. The number of unbranched alkanes of at least 4 members (excludes halogenated alkanes) is 7. The van der Waals surface area contributed by atoms with E-state index in [4.69, 9.17) is 24.3 Å². The van der Waals surface area contributed by atoms with Crippen molar-refractivity contribution in [3.63, 3.8) is 0 Å². The van der Waals surface area contributed by atoms with Crippen molar-refractivity contribution in [3.8, 4) is 0 Å². The van der Waals surface area contributed by atoms with Crippen LogP contribution in [0, 0.1) is 0 Å². The zero-order chi connectivity index (χ0) is 29.6. The zero-order valence-electron chi connectivity index (χ0n) is 25.1. The summed E-state index contributed by atoms with van der Waals surface area (Å²) in [6.45, 7) is 4.56. The Morgan fingerprint density at radius 1 is 0.775 bits per heavy atom. The van der Waals surface area contributed by atoms with Crippen LogP contribution in [0.25, 0.3) is 0 Å². The van der Waals surface area contributed by atoms with Crippen molar-refractivity contribution in [3.05, 3.63) is 48.6 Å². The van der Waals surface area contributed by atoms with Gasteiger partial charge in [0.05, 0.1) is 19.8 Å². The van der Waals surface area contributed by atoms with Crippen LogP contribution >= 0.6 is 7.82 Å². The summed E-state index contributed by atoms with van der Waals surface area (Å²) in [6, 6.07) is 0. The Hall–Kier alpha value is -1.54. The summed E-state index contributed by atoms with van der Waals surface area (Å²) in [4.78, 5) is 22.1. The van der Waals surface area contributed by atoms with Crippen molar-refractivity contribution >= 4 is 13.8 Å². The van der Waals surface area contributed by atoms with E-state index in [1.54, 1.807) is 0 Å². The molecule has 40 heavy (non-hydrogen) atoms. The lowest BCUT2D eigenvalue weighted by Crippen LogP contribution is -2.28. The molecule has 0 aliphatic heterocycles. The summed E-state index contributed by atoms with van der Waals surface area (Å²) < 4.78 is 32.9. The van der Waals surface area contributed by atoms with Crippen molar-refractivity contribution in [2.75, 3.05) is 33.0 Å². The summed E-state index contributed by atoms with van der Waals surface area (Å²) in [5, 5.41) is 0. The smallest absolute Gasteiger partial charge is 0.457 e. The number of hydrogen-bond acceptors (Lipinski definition) is 7. The number of nitrogens with two attached hydrogens (primary N) is 1. The third-order valence-corrected chi connectivity index (χ3v) is 6.74. The van der Waals surface area contributed by atoms with Crippen LogP contribution in [0.2, 0.25) is 0 Å². The highest BCUT2D eigenvalue weighted by Gasteiger charge is 2.25. The van der Waals surface area contributed by atoms with E-state index < -0.39 is 13.9 Å². The van der Waals surface area contributed by atoms with Crippen LogP contribution in [0.4, 0.5) is 0 Å². The van der Waals surface area contributed by atoms with E-state index in [2.05, 4.69) is 62.5 Å². The lowest BCUT2D eigenvalue weighted by atomic mass is 10.1. The summed E-state index contributed by atoms with van der Waals surface area (Å²) in [5.41, 5.74) is 5.31. The second kappa shape index (κ2) is 29.0. The predicted octanol–water partition coefficient (Wildman–Crippen LogP) is 7.73. The second-order valence-corrected chi connectivity index (χ2v) is 11.0. The Morgan fingerprint density at radius 3 is 2.00 bits per heavy atom. The Bertz CT molecular complexity index is 752. The van der Waals surface area contributed by atoms with Gasteiger partial charge >= 0.3 is 13.8 Å². The van der Waals surface area contributed by atoms with Crippen molar-refractivity contribution in [2.24, 2.45) is 5.73 Å². The molecule has 8 nitrogen and oxygen atoms in total. The van der Waals surface area contributed by atoms with Gasteiger partial charge in [0.25, 0.3) is 0 Å². The molecule has 0 aliphatic rings. The molecule has 0 heterocycles. The fourth-order valence-corrected chi connectivity index (χ4v) is 4.35. The first-order valence-corrected chi connectivity index (χ1v) is 16.6. The van der Waals surface area contributed by atoms with Gasteiger partial charge in [-0.25, -0.2) is 4.57 Å². The molecule has 0 saturated heterocycles. The van der Waals surface area contributed by atoms with Crippen LogP contribution in [0.1, 0.15) is 104 Å². The number of esters is 1. The predicted molar refractivity (Wildman–Crippen MR) is 164 cm³/mol. The van der Waals surface area contributed by atoms with E-state index in [9.17, 15) is 14.3 Å². The highest BCUT2D eigenvalue weighted by molar-refractivity contribution is 7.47. The molecule has 0 aromatic heterocycles. The molecule has 0 radical (unpaired) electrons. The van der Waals surface area contributed by atoms with Gasteiger partial charge in [0.15, 0.2) is 0 Å². The lowest BCUT2D eigenvalue weighted by molar-refractivity contribution is -0.154. The minimum absolute atomic E-state index is 0.0772. The van der Waals surface area contributed by atoms with Crippen molar-refractivity contribution in [1.82, 2.24) is 0 Å². The summed E-state index contributed by atoms with van der Waals surface area (Å²) >= 11 is 0. The van der Waals surface area contributed by atoms with Crippen LogP contribution in [0.5, 0.6) is 0 Å². The number of rotatable bonds is 28. The lowest BCUT2D eigenvalue weighted by Gasteiger charge is -2.20.